The summed E-state index contributed by atoms with van der Waals surface area (Å²) in [6.07, 6.45) is 6.01. The number of methoxy groups -OCH3 is 1. The fourth-order valence-electron chi connectivity index (χ4n) is 3.00. The van der Waals surface area contributed by atoms with Gasteiger partial charge in [-0.3, -0.25) is 4.79 Å². The highest BCUT2D eigenvalue weighted by Crippen LogP contribution is 2.27. The number of hydrogen-bond acceptors (Lipinski definition) is 3. The Bertz CT molecular complexity index is 491. The molecule has 0 aliphatic heterocycles. The van der Waals surface area contributed by atoms with Crippen LogP contribution in [0.2, 0.25) is 5.02 Å². The first kappa shape index (κ1) is 19.1. The third-order valence-corrected chi connectivity index (χ3v) is 4.43. The van der Waals surface area contributed by atoms with Crippen LogP contribution in [0.1, 0.15) is 42.5 Å². The van der Waals surface area contributed by atoms with Gasteiger partial charge in [-0.2, -0.15) is 0 Å². The molecule has 1 aromatic carbocycles. The molecule has 0 radical (unpaired) electrons. The van der Waals surface area contributed by atoms with Gasteiger partial charge >= 0.3 is 0 Å². The Kier molecular flexibility index (Phi) is 8.01. The summed E-state index contributed by atoms with van der Waals surface area (Å²) in [5.41, 5.74) is 6.35. The number of halogens is 2. The predicted octanol–water partition coefficient (Wildman–Crippen LogP) is 3.41. The second kappa shape index (κ2) is 9.23. The number of hydrogen-bond donors (Lipinski definition) is 2. The van der Waals surface area contributed by atoms with Gasteiger partial charge in [0.25, 0.3) is 5.91 Å². The van der Waals surface area contributed by atoms with Crippen LogP contribution in [0.15, 0.2) is 18.2 Å². The van der Waals surface area contributed by atoms with Crippen LogP contribution in [0, 0.1) is 5.92 Å². The minimum Gasteiger partial charge on any atom is -0.496 e. The highest BCUT2D eigenvalue weighted by atomic mass is 35.5. The predicted molar refractivity (Wildman–Crippen MR) is 92.1 cm³/mol. The van der Waals surface area contributed by atoms with E-state index < -0.39 is 0 Å². The zero-order chi connectivity index (χ0) is 15.2. The van der Waals surface area contributed by atoms with Crippen molar-refractivity contribution in [2.24, 2.45) is 11.7 Å². The molecule has 1 saturated carbocycles. The second-order valence-electron chi connectivity index (χ2n) is 5.56. The van der Waals surface area contributed by atoms with Crippen LogP contribution in [-0.4, -0.2) is 25.6 Å². The van der Waals surface area contributed by atoms with Crippen molar-refractivity contribution >= 4 is 29.9 Å². The van der Waals surface area contributed by atoms with Crippen molar-refractivity contribution in [2.75, 3.05) is 13.7 Å². The summed E-state index contributed by atoms with van der Waals surface area (Å²) in [6, 6.07) is 5.05. The minimum absolute atomic E-state index is 0. The summed E-state index contributed by atoms with van der Waals surface area (Å²) in [7, 11) is 1.53. The van der Waals surface area contributed by atoms with Crippen LogP contribution in [0.4, 0.5) is 0 Å². The topological polar surface area (TPSA) is 64.3 Å². The second-order valence-corrected chi connectivity index (χ2v) is 5.99. The maximum absolute atomic E-state index is 12.5. The summed E-state index contributed by atoms with van der Waals surface area (Å²) in [4.78, 5) is 12.5. The maximum Gasteiger partial charge on any atom is 0.255 e. The Morgan fingerprint density at radius 3 is 2.68 bits per heavy atom. The van der Waals surface area contributed by atoms with E-state index in [1.165, 1.54) is 26.4 Å². The molecule has 0 aromatic heterocycles. The van der Waals surface area contributed by atoms with E-state index in [9.17, 15) is 4.79 Å². The summed E-state index contributed by atoms with van der Waals surface area (Å²) in [5.74, 6) is 0.815. The lowest BCUT2D eigenvalue weighted by atomic mass is 9.84. The Labute approximate surface area is 143 Å². The van der Waals surface area contributed by atoms with Gasteiger partial charge in [0.15, 0.2) is 0 Å². The molecule has 124 valence electrons. The third-order valence-electron chi connectivity index (χ3n) is 4.20. The highest BCUT2D eigenvalue weighted by Gasteiger charge is 2.25. The van der Waals surface area contributed by atoms with Gasteiger partial charge in [-0.05, 0) is 37.0 Å². The van der Waals surface area contributed by atoms with Crippen LogP contribution in [0.5, 0.6) is 5.75 Å². The number of benzene rings is 1. The Hall–Kier alpha value is -0.970. The number of nitrogens with one attached hydrogen (secondary N) is 1. The van der Waals surface area contributed by atoms with Gasteiger partial charge in [0.1, 0.15) is 5.75 Å². The summed E-state index contributed by atoms with van der Waals surface area (Å²) in [5, 5.41) is 3.61. The lowest BCUT2D eigenvalue weighted by Crippen LogP contribution is -2.46. The fraction of sp³-hybridized carbons (Fsp3) is 0.562. The first-order chi connectivity index (χ1) is 10.2. The van der Waals surface area contributed by atoms with Crippen LogP contribution in [-0.2, 0) is 0 Å². The third kappa shape index (κ3) is 4.77. The maximum atomic E-state index is 12.5. The van der Waals surface area contributed by atoms with E-state index in [1.54, 1.807) is 18.2 Å². The fourth-order valence-corrected chi connectivity index (χ4v) is 3.17. The molecule has 1 aliphatic carbocycles. The largest absolute Gasteiger partial charge is 0.496 e. The first-order valence-electron chi connectivity index (χ1n) is 7.50. The monoisotopic (exact) mass is 346 g/mol. The van der Waals surface area contributed by atoms with Gasteiger partial charge in [-0.1, -0.05) is 30.9 Å². The van der Waals surface area contributed by atoms with Crippen molar-refractivity contribution in [3.05, 3.63) is 28.8 Å². The van der Waals surface area contributed by atoms with Crippen molar-refractivity contribution in [3.8, 4) is 5.75 Å². The molecule has 2 rings (SSSR count). The smallest absolute Gasteiger partial charge is 0.255 e. The zero-order valence-electron chi connectivity index (χ0n) is 12.8. The van der Waals surface area contributed by atoms with Crippen LogP contribution in [0.25, 0.3) is 0 Å². The SMILES string of the molecule is COc1cc(Cl)ccc1C(=O)NC(CN)C1CCCCC1.Cl. The Balaban J connectivity index is 0.00000242. The zero-order valence-corrected chi connectivity index (χ0v) is 14.4. The average molecular weight is 347 g/mol. The highest BCUT2D eigenvalue weighted by molar-refractivity contribution is 6.30. The number of ether oxygens (including phenoxy) is 1. The van der Waals surface area contributed by atoms with Crippen molar-refractivity contribution in [2.45, 2.75) is 38.1 Å². The molecule has 1 amide bonds. The van der Waals surface area contributed by atoms with E-state index in [-0.39, 0.29) is 24.4 Å². The van der Waals surface area contributed by atoms with E-state index in [0.717, 1.165) is 12.8 Å². The molecule has 1 aliphatic rings. The van der Waals surface area contributed by atoms with E-state index in [1.807, 2.05) is 0 Å². The number of carbonyl (C=O) groups is 1. The number of rotatable bonds is 5. The van der Waals surface area contributed by atoms with Gasteiger partial charge in [0, 0.05) is 17.6 Å². The van der Waals surface area contributed by atoms with E-state index in [2.05, 4.69) is 5.32 Å². The molecule has 1 fully saturated rings. The summed E-state index contributed by atoms with van der Waals surface area (Å²) < 4.78 is 5.23. The van der Waals surface area contributed by atoms with E-state index in [4.69, 9.17) is 22.1 Å². The molecule has 22 heavy (non-hydrogen) atoms. The quantitative estimate of drug-likeness (QED) is 0.858. The van der Waals surface area contributed by atoms with Crippen LogP contribution >= 0.6 is 24.0 Å². The molecule has 3 N–H and O–H groups in total. The molecule has 0 bridgehead atoms. The lowest BCUT2D eigenvalue weighted by molar-refractivity contribution is 0.0912. The number of carbonyl (C=O) groups excluding carboxylic acids is 1. The Morgan fingerprint density at radius 2 is 2.09 bits per heavy atom. The van der Waals surface area contributed by atoms with Gasteiger partial charge in [0.2, 0.25) is 0 Å². The molecular weight excluding hydrogens is 323 g/mol. The average Bonchev–Trinajstić information content (AvgIpc) is 2.53. The molecule has 1 unspecified atom stereocenters. The van der Waals surface area contributed by atoms with E-state index in [0.29, 0.717) is 28.8 Å². The van der Waals surface area contributed by atoms with E-state index >= 15 is 0 Å². The molecule has 6 heteroatoms. The standard InChI is InChI=1S/C16H23ClN2O2.ClH/c1-21-15-9-12(17)7-8-13(15)16(20)19-14(10-18)11-5-3-2-4-6-11;/h7-9,11,14H,2-6,10,18H2,1H3,(H,19,20);1H. The van der Waals surface area contributed by atoms with Crippen molar-refractivity contribution in [1.82, 2.24) is 5.32 Å². The van der Waals surface area contributed by atoms with Gasteiger partial charge in [-0.25, -0.2) is 0 Å². The van der Waals surface area contributed by atoms with Gasteiger partial charge in [-0.15, -0.1) is 12.4 Å². The molecular formula is C16H24Cl2N2O2. The summed E-state index contributed by atoms with van der Waals surface area (Å²) in [6.45, 7) is 0.465. The number of amides is 1. The number of nitrogens with two attached hydrogens (primary N) is 1. The first-order valence-corrected chi connectivity index (χ1v) is 7.88. The molecule has 0 heterocycles. The van der Waals surface area contributed by atoms with Gasteiger partial charge in [0.05, 0.1) is 12.7 Å². The molecule has 0 saturated heterocycles. The normalized spacial score (nSPS) is 16.5. The minimum atomic E-state index is -0.149. The molecule has 1 aromatic rings. The molecule has 0 spiro atoms. The van der Waals surface area contributed by atoms with Crippen molar-refractivity contribution in [3.63, 3.8) is 0 Å². The van der Waals surface area contributed by atoms with Crippen LogP contribution < -0.4 is 15.8 Å². The van der Waals surface area contributed by atoms with Gasteiger partial charge < -0.3 is 15.8 Å². The summed E-state index contributed by atoms with van der Waals surface area (Å²) >= 11 is 5.92. The lowest BCUT2D eigenvalue weighted by Gasteiger charge is -2.30. The van der Waals surface area contributed by atoms with Crippen LogP contribution in [0.3, 0.4) is 0 Å². The van der Waals surface area contributed by atoms with Crippen molar-refractivity contribution < 1.29 is 9.53 Å². The molecule has 4 nitrogen and oxygen atoms in total. The Morgan fingerprint density at radius 1 is 1.41 bits per heavy atom. The van der Waals surface area contributed by atoms with Crippen molar-refractivity contribution in [1.29, 1.82) is 0 Å². The molecule has 1 atom stereocenters.